The van der Waals surface area contributed by atoms with Gasteiger partial charge in [0.15, 0.2) is 5.15 Å². The van der Waals surface area contributed by atoms with Crippen molar-refractivity contribution in [3.05, 3.63) is 77.2 Å². The van der Waals surface area contributed by atoms with E-state index < -0.39 is 0 Å². The number of hydrogen-bond donors (Lipinski definition) is 3. The van der Waals surface area contributed by atoms with E-state index in [-0.39, 0.29) is 11.8 Å². The number of pyridine rings is 2. The second kappa shape index (κ2) is 9.35. The lowest BCUT2D eigenvalue weighted by Crippen LogP contribution is -2.09. The molecule has 0 saturated heterocycles. The van der Waals surface area contributed by atoms with Crippen LogP contribution in [-0.2, 0) is 0 Å². The maximum absolute atomic E-state index is 10.2. The Labute approximate surface area is 195 Å². The van der Waals surface area contributed by atoms with E-state index in [0.29, 0.717) is 16.4 Å². The molecule has 8 heteroatoms. The number of nitriles is 1. The molecule has 4 rings (SSSR count). The number of rotatable bonds is 6. The minimum Gasteiger partial charge on any atom is -0.508 e. The lowest BCUT2D eigenvalue weighted by Gasteiger charge is -2.19. The highest BCUT2D eigenvalue weighted by Crippen LogP contribution is 2.35. The summed E-state index contributed by atoms with van der Waals surface area (Å²) in [4.78, 5) is 8.73. The van der Waals surface area contributed by atoms with Crippen molar-refractivity contribution in [3.63, 3.8) is 0 Å². The third-order valence-corrected chi connectivity index (χ3v) is 5.86. The standard InChI is InChI=1S/C24H20ClN5OS/c1-14(18-5-3-4-6-22(18)31)29-23-17(11-26)13-27-20-8-7-15(9-19(20)23)16-10-21(30-32-2)24(25)28-12-16/h3-10,12-14,30-31H,1-2H3,(H,27,29). The smallest absolute Gasteiger partial charge is 0.152 e. The van der Waals surface area contributed by atoms with E-state index in [9.17, 15) is 10.4 Å². The van der Waals surface area contributed by atoms with Gasteiger partial charge in [-0.15, -0.1) is 0 Å². The summed E-state index contributed by atoms with van der Waals surface area (Å²) in [5, 5.41) is 24.6. The first-order chi connectivity index (χ1) is 15.5. The van der Waals surface area contributed by atoms with E-state index in [4.69, 9.17) is 11.6 Å². The summed E-state index contributed by atoms with van der Waals surface area (Å²) >= 11 is 7.62. The molecular formula is C24H20ClN5OS. The Balaban J connectivity index is 1.81. The maximum atomic E-state index is 10.2. The highest BCUT2D eigenvalue weighted by molar-refractivity contribution is 7.99. The predicted octanol–water partition coefficient (Wildman–Crippen LogP) is 6.39. The topological polar surface area (TPSA) is 93.9 Å². The van der Waals surface area contributed by atoms with Gasteiger partial charge in [0.1, 0.15) is 11.8 Å². The number of nitrogens with one attached hydrogen (secondary N) is 2. The Morgan fingerprint density at radius 1 is 1.09 bits per heavy atom. The van der Waals surface area contributed by atoms with E-state index in [1.54, 1.807) is 24.5 Å². The SMILES string of the molecule is CSNc1cc(-c2ccc3ncc(C#N)c(NC(C)c4ccccc4O)c3c2)cnc1Cl. The predicted molar refractivity (Wildman–Crippen MR) is 132 cm³/mol. The van der Waals surface area contributed by atoms with Crippen molar-refractivity contribution in [2.45, 2.75) is 13.0 Å². The normalized spacial score (nSPS) is 11.7. The third kappa shape index (κ3) is 4.28. The zero-order chi connectivity index (χ0) is 22.7. The van der Waals surface area contributed by atoms with Crippen LogP contribution < -0.4 is 10.0 Å². The Bertz CT molecular complexity index is 1340. The molecule has 3 N–H and O–H groups in total. The van der Waals surface area contributed by atoms with Crippen molar-refractivity contribution < 1.29 is 5.11 Å². The van der Waals surface area contributed by atoms with E-state index in [0.717, 1.165) is 33.3 Å². The second-order valence-corrected chi connectivity index (χ2v) is 8.15. The van der Waals surface area contributed by atoms with Crippen molar-refractivity contribution >= 4 is 45.8 Å². The summed E-state index contributed by atoms with van der Waals surface area (Å²) in [5.74, 6) is 0.200. The number of hydrogen-bond acceptors (Lipinski definition) is 7. The summed E-state index contributed by atoms with van der Waals surface area (Å²) in [6, 6.07) is 16.9. The molecule has 1 atom stereocenters. The largest absolute Gasteiger partial charge is 0.508 e. The van der Waals surface area contributed by atoms with Crippen LogP contribution in [0.1, 0.15) is 24.1 Å². The molecule has 160 valence electrons. The maximum Gasteiger partial charge on any atom is 0.152 e. The molecule has 1 unspecified atom stereocenters. The lowest BCUT2D eigenvalue weighted by molar-refractivity contribution is 0.465. The molecule has 0 spiro atoms. The van der Waals surface area contributed by atoms with Crippen molar-refractivity contribution in [1.29, 1.82) is 5.26 Å². The van der Waals surface area contributed by atoms with Gasteiger partial charge in [-0.2, -0.15) is 5.26 Å². The van der Waals surface area contributed by atoms with Crippen molar-refractivity contribution in [2.24, 2.45) is 0 Å². The molecule has 0 saturated carbocycles. The average Bonchev–Trinajstić information content (AvgIpc) is 2.81. The van der Waals surface area contributed by atoms with E-state index in [2.05, 4.69) is 26.1 Å². The zero-order valence-corrected chi connectivity index (χ0v) is 19.0. The molecular weight excluding hydrogens is 442 g/mol. The molecule has 0 bridgehead atoms. The highest BCUT2D eigenvalue weighted by atomic mass is 35.5. The number of anilines is 2. The first kappa shape index (κ1) is 21.8. The van der Waals surface area contributed by atoms with Gasteiger partial charge in [-0.1, -0.05) is 47.8 Å². The van der Waals surface area contributed by atoms with Crippen LogP contribution in [0, 0.1) is 11.3 Å². The molecule has 0 fully saturated rings. The van der Waals surface area contributed by atoms with Crippen molar-refractivity contribution in [3.8, 4) is 22.9 Å². The molecule has 2 aromatic heterocycles. The number of fused-ring (bicyclic) bond motifs is 1. The molecule has 0 aliphatic rings. The summed E-state index contributed by atoms with van der Waals surface area (Å²) < 4.78 is 3.13. The van der Waals surface area contributed by atoms with Gasteiger partial charge >= 0.3 is 0 Å². The second-order valence-electron chi connectivity index (χ2n) is 7.18. The van der Waals surface area contributed by atoms with Crippen LogP contribution >= 0.6 is 23.5 Å². The summed E-state index contributed by atoms with van der Waals surface area (Å²) in [5.41, 5.74) is 5.12. The van der Waals surface area contributed by atoms with Crippen LogP contribution in [0.2, 0.25) is 5.15 Å². The van der Waals surface area contributed by atoms with Crippen molar-refractivity contribution in [2.75, 3.05) is 16.3 Å². The first-order valence-electron chi connectivity index (χ1n) is 9.84. The van der Waals surface area contributed by atoms with Crippen LogP contribution in [0.3, 0.4) is 0 Å². The van der Waals surface area contributed by atoms with E-state index in [1.165, 1.54) is 11.9 Å². The molecule has 32 heavy (non-hydrogen) atoms. The number of nitrogens with zero attached hydrogens (tertiary/aromatic N) is 3. The molecule has 4 aromatic rings. The van der Waals surface area contributed by atoms with E-state index >= 15 is 0 Å². The number of benzene rings is 2. The number of para-hydroxylation sites is 1. The van der Waals surface area contributed by atoms with Gasteiger partial charge in [0.2, 0.25) is 0 Å². The van der Waals surface area contributed by atoms with Gasteiger partial charge in [0.05, 0.1) is 28.5 Å². The molecule has 0 radical (unpaired) electrons. The van der Waals surface area contributed by atoms with Crippen LogP contribution in [0.4, 0.5) is 11.4 Å². The number of phenolic OH excluding ortho intramolecular Hbond substituents is 1. The summed E-state index contributed by atoms with van der Waals surface area (Å²) in [6.45, 7) is 1.94. The Kier molecular flexibility index (Phi) is 6.35. The lowest BCUT2D eigenvalue weighted by atomic mass is 10.0. The van der Waals surface area contributed by atoms with Crippen LogP contribution in [0.25, 0.3) is 22.0 Å². The minimum absolute atomic E-state index is 0.200. The van der Waals surface area contributed by atoms with Gasteiger partial charge in [0, 0.05) is 35.2 Å². The number of aromatic nitrogens is 2. The Morgan fingerprint density at radius 2 is 1.91 bits per heavy atom. The average molecular weight is 462 g/mol. The van der Waals surface area contributed by atoms with Gasteiger partial charge in [-0.05, 0) is 36.8 Å². The first-order valence-corrected chi connectivity index (χ1v) is 11.4. The fraction of sp³-hybridized carbons (Fsp3) is 0.125. The molecule has 0 aliphatic heterocycles. The number of phenols is 1. The Morgan fingerprint density at radius 3 is 2.66 bits per heavy atom. The van der Waals surface area contributed by atoms with Gasteiger partial charge in [-0.25, -0.2) is 4.98 Å². The van der Waals surface area contributed by atoms with Crippen LogP contribution in [0.15, 0.2) is 60.9 Å². The zero-order valence-electron chi connectivity index (χ0n) is 17.4. The van der Waals surface area contributed by atoms with Gasteiger partial charge in [0.25, 0.3) is 0 Å². The quantitative estimate of drug-likeness (QED) is 0.226. The van der Waals surface area contributed by atoms with Crippen molar-refractivity contribution in [1.82, 2.24) is 9.97 Å². The molecule has 0 amide bonds. The van der Waals surface area contributed by atoms with Crippen LogP contribution in [0.5, 0.6) is 5.75 Å². The number of halogens is 1. The summed E-state index contributed by atoms with van der Waals surface area (Å²) in [7, 11) is 0. The fourth-order valence-corrected chi connectivity index (χ4v) is 4.13. The molecule has 2 heterocycles. The third-order valence-electron chi connectivity index (χ3n) is 5.14. The van der Waals surface area contributed by atoms with Gasteiger partial charge < -0.3 is 15.1 Å². The van der Waals surface area contributed by atoms with Crippen LogP contribution in [-0.4, -0.2) is 21.3 Å². The monoisotopic (exact) mass is 461 g/mol. The number of aromatic hydroxyl groups is 1. The Hall–Kier alpha value is -3.47. The molecule has 6 nitrogen and oxygen atoms in total. The fourth-order valence-electron chi connectivity index (χ4n) is 3.55. The molecule has 0 aliphatic carbocycles. The molecule has 2 aromatic carbocycles. The van der Waals surface area contributed by atoms with E-state index in [1.807, 2.05) is 49.6 Å². The minimum atomic E-state index is -0.230. The summed E-state index contributed by atoms with van der Waals surface area (Å²) in [6.07, 6.45) is 5.19. The highest BCUT2D eigenvalue weighted by Gasteiger charge is 2.16. The van der Waals surface area contributed by atoms with Gasteiger partial charge in [-0.3, -0.25) is 4.98 Å².